The molecule has 2 heterocycles. The van der Waals surface area contributed by atoms with E-state index < -0.39 is 0 Å². The Bertz CT molecular complexity index is 368. The van der Waals surface area contributed by atoms with Crippen LogP contribution in [0.25, 0.3) is 0 Å². The fourth-order valence-electron chi connectivity index (χ4n) is 6.50. The average molecular weight is 319 g/mol. The molecule has 0 aromatic rings. The SMILES string of the molecule is CCC1CCC(N2CCN3CCC[C@H]3[C@@H]2C2CCCCC2)CC1. The van der Waals surface area contributed by atoms with E-state index in [1.807, 2.05) is 0 Å². The molecular weight excluding hydrogens is 280 g/mol. The molecule has 0 unspecified atom stereocenters. The lowest BCUT2D eigenvalue weighted by Gasteiger charge is -2.53. The topological polar surface area (TPSA) is 6.48 Å². The highest BCUT2D eigenvalue weighted by molar-refractivity contribution is 5.01. The van der Waals surface area contributed by atoms with Gasteiger partial charge in [0.05, 0.1) is 0 Å². The van der Waals surface area contributed by atoms with E-state index >= 15 is 0 Å². The molecule has 4 aliphatic rings. The first-order chi connectivity index (χ1) is 11.4. The van der Waals surface area contributed by atoms with Crippen LogP contribution in [-0.4, -0.2) is 47.6 Å². The van der Waals surface area contributed by atoms with Crippen molar-refractivity contribution in [3.8, 4) is 0 Å². The molecule has 4 fully saturated rings. The molecule has 0 spiro atoms. The molecule has 0 aromatic carbocycles. The summed E-state index contributed by atoms with van der Waals surface area (Å²) in [7, 11) is 0. The van der Waals surface area contributed by atoms with Crippen LogP contribution < -0.4 is 0 Å². The fourth-order valence-corrected chi connectivity index (χ4v) is 6.50. The lowest BCUT2D eigenvalue weighted by atomic mass is 9.76. The molecule has 0 bridgehead atoms. The summed E-state index contributed by atoms with van der Waals surface area (Å²) in [4.78, 5) is 5.93. The monoisotopic (exact) mass is 318 g/mol. The standard InChI is InChI=1S/C21H38N2/c1-2-17-10-12-19(13-11-17)23-16-15-22-14-6-9-20(22)21(23)18-7-4-3-5-8-18/h17-21H,2-16H2,1H3/t17?,19?,20-,21-/m0/s1. The molecule has 4 rings (SSSR count). The van der Waals surface area contributed by atoms with Gasteiger partial charge >= 0.3 is 0 Å². The third kappa shape index (κ3) is 3.35. The lowest BCUT2D eigenvalue weighted by molar-refractivity contribution is -0.0358. The quantitative estimate of drug-likeness (QED) is 0.745. The molecule has 23 heavy (non-hydrogen) atoms. The molecule has 2 atom stereocenters. The Kier molecular flexibility index (Phi) is 5.30. The van der Waals surface area contributed by atoms with Crippen molar-refractivity contribution in [3.05, 3.63) is 0 Å². The zero-order chi connectivity index (χ0) is 15.6. The second-order valence-corrected chi connectivity index (χ2v) is 8.95. The number of fused-ring (bicyclic) bond motifs is 1. The largest absolute Gasteiger partial charge is 0.298 e. The van der Waals surface area contributed by atoms with Crippen LogP contribution in [0.4, 0.5) is 0 Å². The minimum atomic E-state index is 0.912. The number of hydrogen-bond donors (Lipinski definition) is 0. The van der Waals surface area contributed by atoms with E-state index in [-0.39, 0.29) is 0 Å². The fraction of sp³-hybridized carbons (Fsp3) is 1.00. The predicted octanol–water partition coefficient (Wildman–Crippen LogP) is 4.68. The van der Waals surface area contributed by atoms with Gasteiger partial charge in [0.15, 0.2) is 0 Å². The summed E-state index contributed by atoms with van der Waals surface area (Å²) in [6, 6.07) is 2.75. The van der Waals surface area contributed by atoms with Gasteiger partial charge in [-0.05, 0) is 69.7 Å². The minimum absolute atomic E-state index is 0.912. The Hall–Kier alpha value is -0.0800. The van der Waals surface area contributed by atoms with Crippen molar-refractivity contribution in [1.29, 1.82) is 0 Å². The van der Waals surface area contributed by atoms with Crippen molar-refractivity contribution in [2.45, 2.75) is 102 Å². The van der Waals surface area contributed by atoms with Crippen LogP contribution >= 0.6 is 0 Å². The van der Waals surface area contributed by atoms with E-state index in [9.17, 15) is 0 Å². The zero-order valence-electron chi connectivity index (χ0n) is 15.4. The summed E-state index contributed by atoms with van der Waals surface area (Å²) in [6.07, 6.45) is 17.9. The van der Waals surface area contributed by atoms with Crippen LogP contribution in [0.5, 0.6) is 0 Å². The molecule has 2 aliphatic carbocycles. The summed E-state index contributed by atoms with van der Waals surface area (Å²) in [5.74, 6) is 2.05. The maximum absolute atomic E-state index is 3.06. The van der Waals surface area contributed by atoms with Gasteiger partial charge in [-0.3, -0.25) is 9.80 Å². The van der Waals surface area contributed by atoms with Crippen LogP contribution in [0.2, 0.25) is 0 Å². The van der Waals surface area contributed by atoms with Gasteiger partial charge in [0.25, 0.3) is 0 Å². The normalized spacial score (nSPS) is 41.1. The Balaban J connectivity index is 1.49. The van der Waals surface area contributed by atoms with E-state index in [0.29, 0.717) is 0 Å². The van der Waals surface area contributed by atoms with Gasteiger partial charge in [-0.25, -0.2) is 0 Å². The number of hydrogen-bond acceptors (Lipinski definition) is 2. The highest BCUT2D eigenvalue weighted by atomic mass is 15.3. The van der Waals surface area contributed by atoms with E-state index in [2.05, 4.69) is 16.7 Å². The Morgan fingerprint density at radius 2 is 1.52 bits per heavy atom. The first kappa shape index (κ1) is 16.4. The van der Waals surface area contributed by atoms with Crippen LogP contribution in [0.3, 0.4) is 0 Å². The Morgan fingerprint density at radius 1 is 0.739 bits per heavy atom. The van der Waals surface area contributed by atoms with Crippen molar-refractivity contribution in [2.24, 2.45) is 11.8 Å². The van der Waals surface area contributed by atoms with Gasteiger partial charge in [-0.15, -0.1) is 0 Å². The second kappa shape index (κ2) is 7.44. The molecule has 2 aliphatic heterocycles. The predicted molar refractivity (Wildman–Crippen MR) is 97.7 cm³/mol. The van der Waals surface area contributed by atoms with Crippen LogP contribution in [0, 0.1) is 11.8 Å². The van der Waals surface area contributed by atoms with Crippen LogP contribution in [0.15, 0.2) is 0 Å². The summed E-state index contributed by atoms with van der Waals surface area (Å²) < 4.78 is 0. The van der Waals surface area contributed by atoms with Crippen molar-refractivity contribution in [1.82, 2.24) is 9.80 Å². The summed E-state index contributed by atoms with van der Waals surface area (Å²) >= 11 is 0. The van der Waals surface area contributed by atoms with E-state index in [4.69, 9.17) is 0 Å². The first-order valence-electron chi connectivity index (χ1n) is 10.9. The first-order valence-corrected chi connectivity index (χ1v) is 10.9. The van der Waals surface area contributed by atoms with Gasteiger partial charge in [0, 0.05) is 31.2 Å². The number of piperazine rings is 1. The summed E-state index contributed by atoms with van der Waals surface area (Å²) in [5, 5.41) is 0. The third-order valence-corrected chi connectivity index (χ3v) is 7.83. The molecular formula is C21H38N2. The van der Waals surface area contributed by atoms with Gasteiger partial charge < -0.3 is 0 Å². The van der Waals surface area contributed by atoms with Gasteiger partial charge in [0.2, 0.25) is 0 Å². The molecule has 2 nitrogen and oxygen atoms in total. The van der Waals surface area contributed by atoms with Crippen molar-refractivity contribution in [3.63, 3.8) is 0 Å². The van der Waals surface area contributed by atoms with Gasteiger partial charge in [-0.2, -0.15) is 0 Å². The van der Waals surface area contributed by atoms with E-state index in [1.165, 1.54) is 96.7 Å². The van der Waals surface area contributed by atoms with E-state index in [1.54, 1.807) is 0 Å². The highest BCUT2D eigenvalue weighted by Crippen LogP contribution is 2.40. The van der Waals surface area contributed by atoms with Crippen molar-refractivity contribution in [2.75, 3.05) is 19.6 Å². The Morgan fingerprint density at radius 3 is 2.26 bits per heavy atom. The molecule has 0 amide bonds. The molecule has 132 valence electrons. The molecule has 2 saturated carbocycles. The van der Waals surface area contributed by atoms with Gasteiger partial charge in [0.1, 0.15) is 0 Å². The zero-order valence-corrected chi connectivity index (χ0v) is 15.4. The van der Waals surface area contributed by atoms with Crippen LogP contribution in [-0.2, 0) is 0 Å². The molecule has 0 N–H and O–H groups in total. The average Bonchev–Trinajstić information content (AvgIpc) is 3.10. The molecule has 0 aromatic heterocycles. The summed E-state index contributed by atoms with van der Waals surface area (Å²) in [6.45, 7) is 6.53. The van der Waals surface area contributed by atoms with Crippen molar-refractivity contribution >= 4 is 0 Å². The number of rotatable bonds is 3. The van der Waals surface area contributed by atoms with Crippen LogP contribution in [0.1, 0.15) is 84.0 Å². The van der Waals surface area contributed by atoms with Gasteiger partial charge in [-0.1, -0.05) is 32.6 Å². The second-order valence-electron chi connectivity index (χ2n) is 8.95. The molecule has 2 heteroatoms. The van der Waals surface area contributed by atoms with E-state index in [0.717, 1.165) is 30.0 Å². The minimum Gasteiger partial charge on any atom is -0.298 e. The lowest BCUT2D eigenvalue weighted by Crippen LogP contribution is -2.63. The summed E-state index contributed by atoms with van der Waals surface area (Å²) in [5.41, 5.74) is 0. The highest BCUT2D eigenvalue weighted by Gasteiger charge is 2.45. The Labute approximate surface area is 144 Å². The molecule has 2 saturated heterocycles. The molecule has 0 radical (unpaired) electrons. The third-order valence-electron chi connectivity index (χ3n) is 7.83. The maximum atomic E-state index is 3.06. The number of nitrogens with zero attached hydrogens (tertiary/aromatic N) is 2. The smallest absolute Gasteiger partial charge is 0.0283 e. The maximum Gasteiger partial charge on any atom is 0.0283 e. The van der Waals surface area contributed by atoms with Crippen molar-refractivity contribution < 1.29 is 0 Å².